The largest absolute Gasteiger partial charge is 0.309 e. The molecule has 21 heavy (non-hydrogen) atoms. The summed E-state index contributed by atoms with van der Waals surface area (Å²) in [4.78, 5) is 1.27. The number of benzene rings is 2. The zero-order chi connectivity index (χ0) is 15.2. The van der Waals surface area contributed by atoms with Gasteiger partial charge in [-0.3, -0.25) is 0 Å². The highest BCUT2D eigenvalue weighted by Crippen LogP contribution is 2.26. The minimum absolute atomic E-state index is 0.139. The lowest BCUT2D eigenvalue weighted by molar-refractivity contribution is 0.594. The van der Waals surface area contributed by atoms with E-state index in [1.54, 1.807) is 6.07 Å². The summed E-state index contributed by atoms with van der Waals surface area (Å²) < 4.78 is 13.4. The number of thioether (sulfide) groups is 1. The first kappa shape index (κ1) is 16.1. The Morgan fingerprint density at radius 3 is 2.43 bits per heavy atom. The van der Waals surface area contributed by atoms with Crippen LogP contribution in [0.15, 0.2) is 47.4 Å². The van der Waals surface area contributed by atoms with Gasteiger partial charge in [-0.15, -0.1) is 11.8 Å². The van der Waals surface area contributed by atoms with Crippen molar-refractivity contribution in [3.63, 3.8) is 0 Å². The van der Waals surface area contributed by atoms with Gasteiger partial charge in [-0.25, -0.2) is 4.39 Å². The Labute approximate surface area is 131 Å². The smallest absolute Gasteiger partial charge is 0.126 e. The van der Waals surface area contributed by atoms with Gasteiger partial charge in [-0.05, 0) is 49.7 Å². The Balaban J connectivity index is 2.07. The van der Waals surface area contributed by atoms with Crippen LogP contribution in [0, 0.1) is 19.7 Å². The summed E-state index contributed by atoms with van der Waals surface area (Å²) in [7, 11) is 0. The van der Waals surface area contributed by atoms with Crippen molar-refractivity contribution in [1.29, 1.82) is 0 Å². The highest BCUT2D eigenvalue weighted by atomic mass is 32.2. The summed E-state index contributed by atoms with van der Waals surface area (Å²) in [5.74, 6) is 0.794. The van der Waals surface area contributed by atoms with Crippen molar-refractivity contribution < 1.29 is 4.39 Å². The number of hydrogen-bond acceptors (Lipinski definition) is 2. The Morgan fingerprint density at radius 2 is 1.81 bits per heavy atom. The first-order chi connectivity index (χ1) is 10.1. The molecule has 2 aromatic rings. The van der Waals surface area contributed by atoms with E-state index in [2.05, 4.69) is 43.4 Å². The summed E-state index contributed by atoms with van der Waals surface area (Å²) in [6, 6.07) is 14.2. The lowest BCUT2D eigenvalue weighted by Crippen LogP contribution is -2.23. The molecular weight excluding hydrogens is 281 g/mol. The molecule has 1 atom stereocenters. The van der Waals surface area contributed by atoms with Crippen LogP contribution < -0.4 is 5.32 Å². The molecule has 2 aromatic carbocycles. The SMILES string of the molecule is CCNC(CSc1ccc(C)cc1)c1ccc(F)c(C)c1. The zero-order valence-electron chi connectivity index (χ0n) is 12.8. The van der Waals surface area contributed by atoms with Gasteiger partial charge in [-0.1, -0.05) is 36.8 Å². The third-order valence-corrected chi connectivity index (χ3v) is 4.58. The summed E-state index contributed by atoms with van der Waals surface area (Å²) in [5.41, 5.74) is 3.13. The lowest BCUT2D eigenvalue weighted by atomic mass is 10.1. The standard InChI is InChI=1S/C18H22FNS/c1-4-20-18(15-7-10-17(19)14(3)11-15)12-21-16-8-5-13(2)6-9-16/h5-11,18,20H,4,12H2,1-3H3. The molecule has 0 amide bonds. The van der Waals surface area contributed by atoms with Crippen molar-refractivity contribution in [2.24, 2.45) is 0 Å². The van der Waals surface area contributed by atoms with Crippen LogP contribution in [0.3, 0.4) is 0 Å². The van der Waals surface area contributed by atoms with Crippen LogP contribution in [-0.2, 0) is 0 Å². The molecule has 0 bridgehead atoms. The molecule has 0 fully saturated rings. The first-order valence-corrected chi connectivity index (χ1v) is 8.27. The molecule has 0 aliphatic rings. The number of hydrogen-bond donors (Lipinski definition) is 1. The molecule has 0 aliphatic carbocycles. The molecule has 0 spiro atoms. The quantitative estimate of drug-likeness (QED) is 0.763. The lowest BCUT2D eigenvalue weighted by Gasteiger charge is -2.19. The summed E-state index contributed by atoms with van der Waals surface area (Å²) in [6.07, 6.45) is 0. The summed E-state index contributed by atoms with van der Waals surface area (Å²) >= 11 is 1.83. The van der Waals surface area contributed by atoms with Crippen molar-refractivity contribution in [3.8, 4) is 0 Å². The third kappa shape index (κ3) is 4.58. The minimum atomic E-state index is -0.139. The predicted molar refractivity (Wildman–Crippen MR) is 89.5 cm³/mol. The van der Waals surface area contributed by atoms with Gasteiger partial charge in [0, 0.05) is 16.7 Å². The van der Waals surface area contributed by atoms with Gasteiger partial charge in [0.1, 0.15) is 5.82 Å². The van der Waals surface area contributed by atoms with Gasteiger partial charge in [0.2, 0.25) is 0 Å². The molecule has 2 rings (SSSR count). The van der Waals surface area contributed by atoms with Gasteiger partial charge >= 0.3 is 0 Å². The number of halogens is 1. The predicted octanol–water partition coefficient (Wildman–Crippen LogP) is 4.89. The van der Waals surface area contributed by atoms with Gasteiger partial charge < -0.3 is 5.32 Å². The molecule has 0 saturated carbocycles. The van der Waals surface area contributed by atoms with Crippen molar-refractivity contribution in [2.45, 2.75) is 31.7 Å². The maximum absolute atomic E-state index is 13.4. The van der Waals surface area contributed by atoms with Crippen molar-refractivity contribution in [2.75, 3.05) is 12.3 Å². The molecule has 0 aliphatic heterocycles. The number of rotatable bonds is 6. The summed E-state index contributed by atoms with van der Waals surface area (Å²) in [5, 5.41) is 3.48. The second-order valence-electron chi connectivity index (χ2n) is 5.24. The zero-order valence-corrected chi connectivity index (χ0v) is 13.6. The van der Waals surface area contributed by atoms with Crippen molar-refractivity contribution >= 4 is 11.8 Å². The Morgan fingerprint density at radius 1 is 1.10 bits per heavy atom. The summed E-state index contributed by atoms with van der Waals surface area (Å²) in [6.45, 7) is 6.90. The van der Waals surface area contributed by atoms with Crippen LogP contribution in [0.2, 0.25) is 0 Å². The molecule has 1 unspecified atom stereocenters. The molecular formula is C18H22FNS. The van der Waals surface area contributed by atoms with E-state index in [1.165, 1.54) is 10.5 Å². The van der Waals surface area contributed by atoms with E-state index >= 15 is 0 Å². The van der Waals surface area contributed by atoms with E-state index in [-0.39, 0.29) is 11.9 Å². The second kappa shape index (κ2) is 7.62. The van der Waals surface area contributed by atoms with E-state index in [0.717, 1.165) is 17.9 Å². The fourth-order valence-corrected chi connectivity index (χ4v) is 3.22. The molecule has 1 nitrogen and oxygen atoms in total. The van der Waals surface area contributed by atoms with Gasteiger partial charge in [-0.2, -0.15) is 0 Å². The van der Waals surface area contributed by atoms with Gasteiger partial charge in [0.05, 0.1) is 0 Å². The topological polar surface area (TPSA) is 12.0 Å². The molecule has 0 heterocycles. The van der Waals surface area contributed by atoms with E-state index in [0.29, 0.717) is 5.56 Å². The second-order valence-corrected chi connectivity index (χ2v) is 6.34. The minimum Gasteiger partial charge on any atom is -0.309 e. The van der Waals surface area contributed by atoms with Crippen LogP contribution in [0.5, 0.6) is 0 Å². The monoisotopic (exact) mass is 303 g/mol. The fourth-order valence-electron chi connectivity index (χ4n) is 2.22. The first-order valence-electron chi connectivity index (χ1n) is 7.29. The number of aryl methyl sites for hydroxylation is 2. The maximum Gasteiger partial charge on any atom is 0.126 e. The van der Waals surface area contributed by atoms with E-state index in [1.807, 2.05) is 30.8 Å². The fraction of sp³-hybridized carbons (Fsp3) is 0.333. The van der Waals surface area contributed by atoms with Gasteiger partial charge in [0.25, 0.3) is 0 Å². The maximum atomic E-state index is 13.4. The Bertz CT molecular complexity index is 580. The molecule has 0 aromatic heterocycles. The highest BCUT2D eigenvalue weighted by molar-refractivity contribution is 7.99. The molecule has 0 saturated heterocycles. The van der Waals surface area contributed by atoms with E-state index in [4.69, 9.17) is 0 Å². The van der Waals surface area contributed by atoms with E-state index < -0.39 is 0 Å². The Hall–Kier alpha value is -1.32. The van der Waals surface area contributed by atoms with Crippen molar-refractivity contribution in [1.82, 2.24) is 5.32 Å². The molecule has 0 radical (unpaired) electrons. The van der Waals surface area contributed by atoms with Crippen LogP contribution in [0.1, 0.15) is 29.7 Å². The molecule has 1 N–H and O–H groups in total. The highest BCUT2D eigenvalue weighted by Gasteiger charge is 2.12. The average molecular weight is 303 g/mol. The Kier molecular flexibility index (Phi) is 5.83. The van der Waals surface area contributed by atoms with Crippen LogP contribution in [-0.4, -0.2) is 12.3 Å². The van der Waals surface area contributed by atoms with Crippen LogP contribution in [0.4, 0.5) is 4.39 Å². The molecule has 3 heteroatoms. The van der Waals surface area contributed by atoms with Crippen molar-refractivity contribution in [3.05, 3.63) is 65.0 Å². The number of nitrogens with one attached hydrogen (secondary N) is 1. The molecule has 112 valence electrons. The van der Waals surface area contributed by atoms with Gasteiger partial charge in [0.15, 0.2) is 0 Å². The normalized spacial score (nSPS) is 12.4. The van der Waals surface area contributed by atoms with Crippen LogP contribution >= 0.6 is 11.8 Å². The third-order valence-electron chi connectivity index (χ3n) is 3.47. The average Bonchev–Trinajstić information content (AvgIpc) is 2.48. The van der Waals surface area contributed by atoms with Crippen LogP contribution in [0.25, 0.3) is 0 Å². The van der Waals surface area contributed by atoms with E-state index in [9.17, 15) is 4.39 Å².